The summed E-state index contributed by atoms with van der Waals surface area (Å²) in [6.07, 6.45) is 3.31. The van der Waals surface area contributed by atoms with Crippen molar-refractivity contribution in [3.63, 3.8) is 0 Å². The van der Waals surface area contributed by atoms with Crippen LogP contribution in [-0.2, 0) is 0 Å². The van der Waals surface area contributed by atoms with Gasteiger partial charge in [0.1, 0.15) is 5.82 Å². The summed E-state index contributed by atoms with van der Waals surface area (Å²) in [5, 5.41) is 11.3. The molecule has 1 fully saturated rings. The summed E-state index contributed by atoms with van der Waals surface area (Å²) in [6.45, 7) is 0.590. The van der Waals surface area contributed by atoms with Crippen LogP contribution in [0.3, 0.4) is 0 Å². The molecule has 0 aliphatic heterocycles. The smallest absolute Gasteiger partial charge is 0.273 e. The highest BCUT2D eigenvalue weighted by Crippen LogP contribution is 2.33. The van der Waals surface area contributed by atoms with Crippen molar-refractivity contribution in [1.29, 1.82) is 0 Å². The number of carbonyl (C=O) groups is 1. The van der Waals surface area contributed by atoms with E-state index in [2.05, 4.69) is 15.5 Å². The maximum Gasteiger partial charge on any atom is 0.273 e. The molecule has 1 saturated carbocycles. The lowest BCUT2D eigenvalue weighted by atomic mass is 9.77. The lowest BCUT2D eigenvalue weighted by Gasteiger charge is -2.41. The zero-order chi connectivity index (χ0) is 13.2. The van der Waals surface area contributed by atoms with Crippen molar-refractivity contribution in [2.24, 2.45) is 5.73 Å². The van der Waals surface area contributed by atoms with Gasteiger partial charge in [-0.1, -0.05) is 0 Å². The Hall–Kier alpha value is -1.69. The minimum Gasteiger partial charge on any atom is -0.362 e. The molecular formula is C12H19N5O. The predicted octanol–water partition coefficient (Wildman–Crippen LogP) is 0.472. The topological polar surface area (TPSA) is 84.1 Å². The van der Waals surface area contributed by atoms with E-state index in [0.29, 0.717) is 18.1 Å². The van der Waals surface area contributed by atoms with Gasteiger partial charge in [-0.2, -0.15) is 0 Å². The second kappa shape index (κ2) is 4.89. The van der Waals surface area contributed by atoms with Crippen LogP contribution in [0.4, 0.5) is 5.82 Å². The molecule has 0 bridgehead atoms. The quantitative estimate of drug-likeness (QED) is 0.810. The molecule has 1 heterocycles. The summed E-state index contributed by atoms with van der Waals surface area (Å²) in [6, 6.07) is 3.46. The van der Waals surface area contributed by atoms with Crippen LogP contribution < -0.4 is 11.1 Å². The molecule has 1 aliphatic carbocycles. The zero-order valence-electron chi connectivity index (χ0n) is 10.8. The molecule has 2 rings (SSSR count). The van der Waals surface area contributed by atoms with Gasteiger partial charge in [0.05, 0.1) is 5.54 Å². The van der Waals surface area contributed by atoms with Crippen LogP contribution >= 0.6 is 0 Å². The van der Waals surface area contributed by atoms with Gasteiger partial charge in [-0.3, -0.25) is 4.79 Å². The normalized spacial score (nSPS) is 16.8. The maximum atomic E-state index is 11.6. The van der Waals surface area contributed by atoms with E-state index in [1.165, 1.54) is 11.3 Å². The van der Waals surface area contributed by atoms with E-state index in [1.807, 2.05) is 0 Å². The summed E-state index contributed by atoms with van der Waals surface area (Å²) in [4.78, 5) is 13.1. The van der Waals surface area contributed by atoms with Crippen LogP contribution in [0.2, 0.25) is 0 Å². The van der Waals surface area contributed by atoms with Gasteiger partial charge in [0, 0.05) is 20.6 Å². The van der Waals surface area contributed by atoms with Crippen LogP contribution in [0.5, 0.6) is 0 Å². The van der Waals surface area contributed by atoms with E-state index in [0.717, 1.165) is 12.8 Å². The molecule has 1 amide bonds. The van der Waals surface area contributed by atoms with Gasteiger partial charge < -0.3 is 16.0 Å². The molecule has 3 N–H and O–H groups in total. The van der Waals surface area contributed by atoms with Crippen LogP contribution in [0.15, 0.2) is 12.1 Å². The minimum absolute atomic E-state index is 0.0260. The monoisotopic (exact) mass is 249 g/mol. The van der Waals surface area contributed by atoms with E-state index < -0.39 is 0 Å². The maximum absolute atomic E-state index is 11.6. The number of nitrogens with zero attached hydrogens (tertiary/aromatic N) is 3. The van der Waals surface area contributed by atoms with Crippen LogP contribution in [0, 0.1) is 0 Å². The third kappa shape index (κ3) is 2.43. The highest BCUT2D eigenvalue weighted by Gasteiger charge is 2.35. The van der Waals surface area contributed by atoms with E-state index in [1.54, 1.807) is 26.2 Å². The summed E-state index contributed by atoms with van der Waals surface area (Å²) >= 11 is 0. The lowest BCUT2D eigenvalue weighted by Crippen LogP contribution is -2.51. The molecular weight excluding hydrogens is 230 g/mol. The molecule has 0 spiro atoms. The second-order valence-electron chi connectivity index (χ2n) is 4.97. The molecule has 1 aliphatic rings. The Morgan fingerprint density at radius 2 is 2.17 bits per heavy atom. The minimum atomic E-state index is -0.147. The van der Waals surface area contributed by atoms with Crippen molar-refractivity contribution >= 4 is 11.7 Å². The average molecular weight is 249 g/mol. The number of nitrogens with two attached hydrogens (primary N) is 1. The van der Waals surface area contributed by atoms with Gasteiger partial charge in [-0.25, -0.2) is 0 Å². The molecule has 0 unspecified atom stereocenters. The lowest BCUT2D eigenvalue weighted by molar-refractivity contribution is 0.0821. The van der Waals surface area contributed by atoms with Crippen molar-refractivity contribution in [3.05, 3.63) is 17.8 Å². The van der Waals surface area contributed by atoms with E-state index >= 15 is 0 Å². The standard InChI is InChI=1S/C12H19N5O/c1-17(2)11(18)9-4-5-10(16-15-9)14-12(8-13)6-3-7-12/h4-5H,3,6-8,13H2,1-2H3,(H,14,16). The summed E-state index contributed by atoms with van der Waals surface area (Å²) in [7, 11) is 3.38. The Bertz CT molecular complexity index is 419. The molecule has 1 aromatic rings. The summed E-state index contributed by atoms with van der Waals surface area (Å²) < 4.78 is 0. The number of aromatic nitrogens is 2. The van der Waals surface area contributed by atoms with Gasteiger partial charge in [0.25, 0.3) is 5.91 Å². The molecule has 98 valence electrons. The summed E-state index contributed by atoms with van der Waals surface area (Å²) in [5.41, 5.74) is 6.09. The highest BCUT2D eigenvalue weighted by molar-refractivity contribution is 5.91. The third-order valence-electron chi connectivity index (χ3n) is 3.38. The van der Waals surface area contributed by atoms with Crippen molar-refractivity contribution in [3.8, 4) is 0 Å². The number of rotatable bonds is 4. The number of hydrogen-bond acceptors (Lipinski definition) is 5. The Morgan fingerprint density at radius 1 is 1.44 bits per heavy atom. The SMILES string of the molecule is CN(C)C(=O)c1ccc(NC2(CN)CCC2)nn1. The number of anilines is 1. The van der Waals surface area contributed by atoms with Gasteiger partial charge in [0.15, 0.2) is 5.69 Å². The van der Waals surface area contributed by atoms with Crippen molar-refractivity contribution < 1.29 is 4.79 Å². The van der Waals surface area contributed by atoms with Gasteiger partial charge in [0.2, 0.25) is 0 Å². The first-order valence-corrected chi connectivity index (χ1v) is 6.10. The number of nitrogens with one attached hydrogen (secondary N) is 1. The second-order valence-corrected chi connectivity index (χ2v) is 4.97. The molecule has 0 atom stereocenters. The Balaban J connectivity index is 2.06. The van der Waals surface area contributed by atoms with Crippen LogP contribution in [0.1, 0.15) is 29.8 Å². The predicted molar refractivity (Wildman–Crippen MR) is 69.3 cm³/mol. The van der Waals surface area contributed by atoms with Crippen molar-refractivity contribution in [2.45, 2.75) is 24.8 Å². The average Bonchev–Trinajstić information content (AvgIpc) is 2.33. The van der Waals surface area contributed by atoms with Gasteiger partial charge in [-0.15, -0.1) is 10.2 Å². The van der Waals surface area contributed by atoms with Crippen molar-refractivity contribution in [1.82, 2.24) is 15.1 Å². The zero-order valence-corrected chi connectivity index (χ0v) is 10.8. The van der Waals surface area contributed by atoms with Crippen molar-refractivity contribution in [2.75, 3.05) is 26.0 Å². The molecule has 1 aromatic heterocycles. The van der Waals surface area contributed by atoms with Crippen LogP contribution in [0.25, 0.3) is 0 Å². The Labute approximate surface area is 107 Å². The summed E-state index contributed by atoms with van der Waals surface area (Å²) in [5.74, 6) is 0.529. The fourth-order valence-corrected chi connectivity index (χ4v) is 2.00. The van der Waals surface area contributed by atoms with E-state index in [4.69, 9.17) is 5.73 Å². The first-order chi connectivity index (χ1) is 8.56. The van der Waals surface area contributed by atoms with Gasteiger partial charge >= 0.3 is 0 Å². The highest BCUT2D eigenvalue weighted by atomic mass is 16.2. The number of amides is 1. The molecule has 0 saturated heterocycles. The van der Waals surface area contributed by atoms with Gasteiger partial charge in [-0.05, 0) is 31.4 Å². The molecule has 6 nitrogen and oxygen atoms in total. The fourth-order valence-electron chi connectivity index (χ4n) is 2.00. The first-order valence-electron chi connectivity index (χ1n) is 6.10. The molecule has 0 radical (unpaired) electrons. The Morgan fingerprint density at radius 3 is 2.56 bits per heavy atom. The molecule has 18 heavy (non-hydrogen) atoms. The Kier molecular flexibility index (Phi) is 3.47. The first kappa shape index (κ1) is 12.8. The fraction of sp³-hybridized carbons (Fsp3) is 0.583. The number of hydrogen-bond donors (Lipinski definition) is 2. The largest absolute Gasteiger partial charge is 0.362 e. The number of carbonyl (C=O) groups excluding carboxylic acids is 1. The van der Waals surface area contributed by atoms with E-state index in [-0.39, 0.29) is 11.4 Å². The van der Waals surface area contributed by atoms with Crippen LogP contribution in [-0.4, -0.2) is 47.2 Å². The third-order valence-corrected chi connectivity index (χ3v) is 3.38. The van der Waals surface area contributed by atoms with E-state index in [9.17, 15) is 4.79 Å². The molecule has 0 aromatic carbocycles. The molecule has 6 heteroatoms.